The number of carboxylic acid groups (broad SMARTS) is 1. The topological polar surface area (TPSA) is 98.2 Å². The summed E-state index contributed by atoms with van der Waals surface area (Å²) in [6.45, 7) is 0. The van der Waals surface area contributed by atoms with Gasteiger partial charge in [0.15, 0.2) is 0 Å². The van der Waals surface area contributed by atoms with Gasteiger partial charge in [-0.15, -0.1) is 0 Å². The predicted octanol–water partition coefficient (Wildman–Crippen LogP) is 3.32. The molecule has 0 amide bonds. The molecule has 0 saturated carbocycles. The maximum atomic E-state index is 11.1. The molecule has 8 nitrogen and oxygen atoms in total. The summed E-state index contributed by atoms with van der Waals surface area (Å²) >= 11 is 11.7. The molecule has 0 aliphatic heterocycles. The Balaban J connectivity index is 0.000000166. The van der Waals surface area contributed by atoms with Crippen LogP contribution in [-0.4, -0.2) is 42.9 Å². The molecule has 0 atom stereocenters. The van der Waals surface area contributed by atoms with Crippen LogP contribution in [0.2, 0.25) is 10.0 Å². The second-order valence-electron chi connectivity index (χ2n) is 5.98. The number of carboxylic acids is 1. The zero-order valence-corrected chi connectivity index (χ0v) is 16.8. The van der Waals surface area contributed by atoms with E-state index in [0.29, 0.717) is 21.4 Å². The first kappa shape index (κ1) is 20.6. The highest BCUT2D eigenvalue weighted by Crippen LogP contribution is 2.17. The van der Waals surface area contributed by atoms with Gasteiger partial charge in [-0.05, 0) is 24.3 Å². The van der Waals surface area contributed by atoms with E-state index in [0.717, 1.165) is 11.0 Å². The van der Waals surface area contributed by atoms with E-state index in [2.05, 4.69) is 14.7 Å². The van der Waals surface area contributed by atoms with Gasteiger partial charge in [0, 0.05) is 22.4 Å². The van der Waals surface area contributed by atoms with Crippen molar-refractivity contribution in [2.45, 2.75) is 12.8 Å². The average molecular weight is 435 g/mol. The number of carbonyl (C=O) groups excluding carboxylic acids is 1. The third-order valence-corrected chi connectivity index (χ3v) is 4.49. The maximum Gasteiger partial charge on any atom is 0.311 e. The van der Waals surface area contributed by atoms with Gasteiger partial charge in [-0.2, -0.15) is 0 Å². The Morgan fingerprint density at radius 3 is 1.90 bits per heavy atom. The number of ether oxygens (including phenoxy) is 1. The molecule has 4 aromatic heterocycles. The van der Waals surface area contributed by atoms with Crippen molar-refractivity contribution < 1.29 is 19.4 Å². The molecule has 0 fully saturated rings. The summed E-state index contributed by atoms with van der Waals surface area (Å²) in [5, 5.41) is 9.83. The van der Waals surface area contributed by atoms with Crippen LogP contribution in [-0.2, 0) is 27.2 Å². The smallest absolute Gasteiger partial charge is 0.311 e. The SMILES string of the molecule is COC(=O)Cc1ncn2ccc(Cl)cc12.O=C(O)Cc1ncn2ccc(Cl)cc12. The third-order valence-electron chi connectivity index (χ3n) is 4.02. The van der Waals surface area contributed by atoms with Gasteiger partial charge in [0.05, 0.1) is 55.0 Å². The molecule has 10 heteroatoms. The lowest BCUT2D eigenvalue weighted by molar-refractivity contribution is -0.140. The van der Waals surface area contributed by atoms with Gasteiger partial charge in [-0.1, -0.05) is 23.2 Å². The van der Waals surface area contributed by atoms with E-state index in [1.165, 1.54) is 7.11 Å². The van der Waals surface area contributed by atoms with Crippen LogP contribution >= 0.6 is 23.2 Å². The van der Waals surface area contributed by atoms with E-state index in [4.69, 9.17) is 28.3 Å². The van der Waals surface area contributed by atoms with Gasteiger partial charge >= 0.3 is 11.9 Å². The van der Waals surface area contributed by atoms with E-state index in [9.17, 15) is 9.59 Å². The maximum absolute atomic E-state index is 11.1. The summed E-state index contributed by atoms with van der Waals surface area (Å²) in [7, 11) is 1.35. The van der Waals surface area contributed by atoms with Gasteiger partial charge in [-0.3, -0.25) is 9.59 Å². The van der Waals surface area contributed by atoms with Crippen LogP contribution in [0.4, 0.5) is 0 Å². The predicted molar refractivity (Wildman–Crippen MR) is 107 cm³/mol. The van der Waals surface area contributed by atoms with E-state index in [-0.39, 0.29) is 18.8 Å². The van der Waals surface area contributed by atoms with Crippen LogP contribution in [0.25, 0.3) is 11.0 Å². The summed E-state index contributed by atoms with van der Waals surface area (Å²) in [6, 6.07) is 6.96. The molecular formula is C19H16Cl2N4O4. The summed E-state index contributed by atoms with van der Waals surface area (Å²) < 4.78 is 8.13. The molecule has 0 unspecified atom stereocenters. The molecule has 4 heterocycles. The van der Waals surface area contributed by atoms with Gasteiger partial charge in [0.1, 0.15) is 0 Å². The van der Waals surface area contributed by atoms with Crippen LogP contribution < -0.4 is 0 Å². The Kier molecular flexibility index (Phi) is 6.36. The van der Waals surface area contributed by atoms with Crippen molar-refractivity contribution in [1.82, 2.24) is 18.8 Å². The number of aromatic nitrogens is 4. The highest BCUT2D eigenvalue weighted by molar-refractivity contribution is 6.31. The minimum atomic E-state index is -0.898. The first-order valence-corrected chi connectivity index (χ1v) is 9.13. The van der Waals surface area contributed by atoms with Crippen LogP contribution in [0, 0.1) is 0 Å². The number of hydrogen-bond acceptors (Lipinski definition) is 5. The Bertz CT molecular complexity index is 1190. The van der Waals surface area contributed by atoms with Crippen molar-refractivity contribution in [3.63, 3.8) is 0 Å². The van der Waals surface area contributed by atoms with Crippen LogP contribution in [0.15, 0.2) is 49.3 Å². The number of hydrogen-bond donors (Lipinski definition) is 1. The molecule has 0 radical (unpaired) electrons. The fraction of sp³-hybridized carbons (Fsp3) is 0.158. The standard InChI is InChI=1S/C10H9ClN2O2.C9H7ClN2O2/c1-15-10(14)5-8-9-4-7(11)2-3-13(9)6-12-8;10-6-1-2-12-5-11-7(4-9(13)14)8(12)3-6/h2-4,6H,5H2,1H3;1-3,5H,4H2,(H,13,14). The van der Waals surface area contributed by atoms with Gasteiger partial charge in [-0.25, -0.2) is 9.97 Å². The molecule has 0 saturated heterocycles. The zero-order chi connectivity index (χ0) is 21.0. The van der Waals surface area contributed by atoms with Crippen LogP contribution in [0.3, 0.4) is 0 Å². The number of carbonyl (C=O) groups is 2. The van der Waals surface area contributed by atoms with E-state index >= 15 is 0 Å². The Hall–Kier alpha value is -3.10. The second-order valence-corrected chi connectivity index (χ2v) is 6.85. The molecule has 0 spiro atoms. The lowest BCUT2D eigenvalue weighted by Gasteiger charge is -1.98. The fourth-order valence-electron chi connectivity index (χ4n) is 2.66. The number of pyridine rings is 2. The quantitative estimate of drug-likeness (QED) is 0.494. The minimum absolute atomic E-state index is 0.0865. The van der Waals surface area contributed by atoms with Gasteiger partial charge in [0.2, 0.25) is 0 Å². The van der Waals surface area contributed by atoms with Crippen LogP contribution in [0.1, 0.15) is 11.4 Å². The summed E-state index contributed by atoms with van der Waals surface area (Å²) in [4.78, 5) is 29.7. The fourth-order valence-corrected chi connectivity index (χ4v) is 2.98. The molecule has 29 heavy (non-hydrogen) atoms. The summed E-state index contributed by atoms with van der Waals surface area (Å²) in [5.74, 6) is -1.21. The van der Waals surface area contributed by atoms with Crippen molar-refractivity contribution in [3.8, 4) is 0 Å². The van der Waals surface area contributed by atoms with Crippen molar-refractivity contribution >= 4 is 46.2 Å². The molecule has 0 aromatic carbocycles. The highest BCUT2D eigenvalue weighted by atomic mass is 35.5. The molecule has 0 aliphatic rings. The van der Waals surface area contributed by atoms with Crippen LogP contribution in [0.5, 0.6) is 0 Å². The molecule has 4 aromatic rings. The van der Waals surface area contributed by atoms with E-state index in [1.807, 2.05) is 4.40 Å². The van der Waals surface area contributed by atoms with E-state index in [1.54, 1.807) is 53.7 Å². The second kappa shape index (κ2) is 8.93. The molecule has 150 valence electrons. The first-order valence-electron chi connectivity index (χ1n) is 8.38. The first-order chi connectivity index (χ1) is 13.9. The molecule has 1 N–H and O–H groups in total. The highest BCUT2D eigenvalue weighted by Gasteiger charge is 2.10. The molecular weight excluding hydrogens is 419 g/mol. The van der Waals surface area contributed by atoms with Gasteiger partial charge in [0.25, 0.3) is 0 Å². The average Bonchev–Trinajstić information content (AvgIpc) is 3.26. The van der Waals surface area contributed by atoms with Crippen molar-refractivity contribution in [2.24, 2.45) is 0 Å². The number of nitrogens with zero attached hydrogens (tertiary/aromatic N) is 4. The van der Waals surface area contributed by atoms with Gasteiger partial charge < -0.3 is 18.6 Å². The Labute approximate surface area is 175 Å². The number of rotatable bonds is 4. The number of methoxy groups -OCH3 is 1. The lowest BCUT2D eigenvalue weighted by atomic mass is 10.2. The lowest BCUT2D eigenvalue weighted by Crippen LogP contribution is -2.05. The molecule has 4 rings (SSSR count). The zero-order valence-electron chi connectivity index (χ0n) is 15.2. The molecule has 0 aliphatic carbocycles. The third kappa shape index (κ3) is 5.04. The molecule has 0 bridgehead atoms. The number of aliphatic carboxylic acids is 1. The minimum Gasteiger partial charge on any atom is -0.481 e. The Morgan fingerprint density at radius 1 is 0.966 bits per heavy atom. The summed E-state index contributed by atoms with van der Waals surface area (Å²) in [6.07, 6.45) is 6.83. The number of imidazole rings is 2. The largest absolute Gasteiger partial charge is 0.481 e. The van der Waals surface area contributed by atoms with Crippen molar-refractivity contribution in [3.05, 3.63) is 70.7 Å². The summed E-state index contributed by atoms with van der Waals surface area (Å²) in [5.41, 5.74) is 2.76. The number of halogens is 2. The van der Waals surface area contributed by atoms with Crippen molar-refractivity contribution in [2.75, 3.05) is 7.11 Å². The normalized spacial score (nSPS) is 10.6. The monoisotopic (exact) mass is 434 g/mol. The number of esters is 1. The Morgan fingerprint density at radius 2 is 1.45 bits per heavy atom. The van der Waals surface area contributed by atoms with Crippen molar-refractivity contribution in [1.29, 1.82) is 0 Å². The van der Waals surface area contributed by atoms with E-state index < -0.39 is 5.97 Å². The number of fused-ring (bicyclic) bond motifs is 2.